The highest BCUT2D eigenvalue weighted by Gasteiger charge is 1.95. The minimum absolute atomic E-state index is 0.726. The smallest absolute Gasteiger partial charge is 0.0541 e. The van der Waals surface area contributed by atoms with Crippen LogP contribution in [-0.4, -0.2) is 4.98 Å². The highest BCUT2D eigenvalue weighted by atomic mass is 79.9. The Kier molecular flexibility index (Phi) is 1.71. The van der Waals surface area contributed by atoms with Crippen LogP contribution in [0.1, 0.15) is 5.56 Å². The maximum absolute atomic E-state index is 5.53. The first-order chi connectivity index (χ1) is 4.22. The minimum atomic E-state index is 0.726. The Balaban J connectivity index is 3.25. The monoisotopic (exact) mass is 186 g/mol. The van der Waals surface area contributed by atoms with E-state index in [0.717, 1.165) is 15.7 Å². The van der Waals surface area contributed by atoms with Crippen LogP contribution in [0.5, 0.6) is 0 Å². The normalized spacial score (nSPS) is 9.56. The number of hydrogen-bond donors (Lipinski definition) is 1. The fraction of sp³-hybridized carbons (Fsp3) is 0.167. The quantitative estimate of drug-likeness (QED) is 0.671. The first-order valence-electron chi connectivity index (χ1n) is 2.57. The van der Waals surface area contributed by atoms with Gasteiger partial charge in [-0.15, -0.1) is 0 Å². The van der Waals surface area contributed by atoms with E-state index in [2.05, 4.69) is 20.9 Å². The lowest BCUT2D eigenvalue weighted by molar-refractivity contribution is 1.27. The third kappa shape index (κ3) is 1.21. The van der Waals surface area contributed by atoms with Crippen LogP contribution in [0.4, 0.5) is 5.69 Å². The summed E-state index contributed by atoms with van der Waals surface area (Å²) in [6.45, 7) is 1.95. The molecular weight excluding hydrogens is 180 g/mol. The fourth-order valence-corrected chi connectivity index (χ4v) is 0.862. The second-order valence-corrected chi connectivity index (χ2v) is 2.69. The lowest BCUT2D eigenvalue weighted by Gasteiger charge is -1.98. The highest BCUT2D eigenvalue weighted by molar-refractivity contribution is 9.10. The Morgan fingerprint density at radius 1 is 1.56 bits per heavy atom. The number of rotatable bonds is 0. The molecule has 0 aliphatic carbocycles. The van der Waals surface area contributed by atoms with Gasteiger partial charge >= 0.3 is 0 Å². The summed E-state index contributed by atoms with van der Waals surface area (Å²) in [5.41, 5.74) is 7.30. The molecule has 0 aliphatic rings. The number of hydrogen-bond acceptors (Lipinski definition) is 2. The van der Waals surface area contributed by atoms with Gasteiger partial charge in [0.05, 0.1) is 11.9 Å². The van der Waals surface area contributed by atoms with Crippen molar-refractivity contribution in [1.29, 1.82) is 0 Å². The van der Waals surface area contributed by atoms with Gasteiger partial charge < -0.3 is 5.73 Å². The number of anilines is 1. The molecule has 1 heterocycles. The van der Waals surface area contributed by atoms with Crippen LogP contribution in [0.25, 0.3) is 0 Å². The number of halogens is 1. The number of aromatic nitrogens is 1. The Hall–Kier alpha value is -0.570. The average molecular weight is 187 g/mol. The number of pyridine rings is 1. The van der Waals surface area contributed by atoms with E-state index in [9.17, 15) is 0 Å². The predicted octanol–water partition coefficient (Wildman–Crippen LogP) is 1.73. The Morgan fingerprint density at radius 3 is 2.67 bits per heavy atom. The zero-order valence-corrected chi connectivity index (χ0v) is 6.64. The van der Waals surface area contributed by atoms with Gasteiger partial charge in [-0.25, -0.2) is 0 Å². The number of nitrogen functional groups attached to an aromatic ring is 1. The van der Waals surface area contributed by atoms with E-state index in [4.69, 9.17) is 5.73 Å². The molecule has 3 heteroatoms. The molecule has 9 heavy (non-hydrogen) atoms. The van der Waals surface area contributed by atoms with Gasteiger partial charge in [0.1, 0.15) is 0 Å². The van der Waals surface area contributed by atoms with Gasteiger partial charge in [-0.2, -0.15) is 0 Å². The zero-order valence-electron chi connectivity index (χ0n) is 5.06. The zero-order chi connectivity index (χ0) is 6.85. The predicted molar refractivity (Wildman–Crippen MR) is 41.1 cm³/mol. The highest BCUT2D eigenvalue weighted by Crippen LogP contribution is 2.18. The minimum Gasteiger partial charge on any atom is -0.397 e. The molecule has 0 saturated heterocycles. The van der Waals surface area contributed by atoms with Crippen LogP contribution in [0.15, 0.2) is 16.9 Å². The van der Waals surface area contributed by atoms with E-state index in [1.807, 2.05) is 6.92 Å². The molecule has 0 unspecified atom stereocenters. The molecule has 0 aromatic carbocycles. The summed E-state index contributed by atoms with van der Waals surface area (Å²) < 4.78 is 0.961. The van der Waals surface area contributed by atoms with Gasteiger partial charge in [-0.05, 0) is 28.4 Å². The van der Waals surface area contributed by atoms with Crippen molar-refractivity contribution in [3.63, 3.8) is 0 Å². The van der Waals surface area contributed by atoms with E-state index in [1.165, 1.54) is 0 Å². The lowest BCUT2D eigenvalue weighted by atomic mass is 10.3. The van der Waals surface area contributed by atoms with Crippen LogP contribution >= 0.6 is 15.9 Å². The van der Waals surface area contributed by atoms with Crippen molar-refractivity contribution in [2.75, 3.05) is 5.73 Å². The summed E-state index contributed by atoms with van der Waals surface area (Å²) in [7, 11) is 0. The molecular formula is C6H7BrN2. The Labute approximate surface area is 62.2 Å². The summed E-state index contributed by atoms with van der Waals surface area (Å²) in [5.74, 6) is 0. The third-order valence-corrected chi connectivity index (χ3v) is 1.99. The fourth-order valence-electron chi connectivity index (χ4n) is 0.515. The van der Waals surface area contributed by atoms with Gasteiger partial charge in [0.2, 0.25) is 0 Å². The van der Waals surface area contributed by atoms with Crippen LogP contribution in [0.2, 0.25) is 0 Å². The van der Waals surface area contributed by atoms with E-state index in [1.54, 1.807) is 12.4 Å². The molecule has 0 radical (unpaired) electrons. The second kappa shape index (κ2) is 2.35. The molecule has 0 spiro atoms. The summed E-state index contributed by atoms with van der Waals surface area (Å²) in [5, 5.41) is 0. The molecule has 2 nitrogen and oxygen atoms in total. The summed E-state index contributed by atoms with van der Waals surface area (Å²) in [4.78, 5) is 3.87. The lowest BCUT2D eigenvalue weighted by Crippen LogP contribution is -1.90. The molecule has 0 saturated carbocycles. The summed E-state index contributed by atoms with van der Waals surface area (Å²) in [6, 6.07) is 0. The van der Waals surface area contributed by atoms with E-state index < -0.39 is 0 Å². The molecule has 0 bridgehead atoms. The van der Waals surface area contributed by atoms with Crippen LogP contribution < -0.4 is 5.73 Å². The molecule has 0 amide bonds. The first-order valence-corrected chi connectivity index (χ1v) is 3.36. The van der Waals surface area contributed by atoms with Crippen molar-refractivity contribution in [3.8, 4) is 0 Å². The van der Waals surface area contributed by atoms with Crippen LogP contribution in [-0.2, 0) is 0 Å². The van der Waals surface area contributed by atoms with Crippen molar-refractivity contribution in [3.05, 3.63) is 22.4 Å². The van der Waals surface area contributed by atoms with E-state index in [-0.39, 0.29) is 0 Å². The van der Waals surface area contributed by atoms with E-state index >= 15 is 0 Å². The Bertz CT molecular complexity index is 202. The number of nitrogens with zero attached hydrogens (tertiary/aromatic N) is 1. The largest absolute Gasteiger partial charge is 0.397 e. The molecule has 1 aromatic rings. The molecule has 2 N–H and O–H groups in total. The molecule has 1 rings (SSSR count). The second-order valence-electron chi connectivity index (χ2n) is 1.84. The van der Waals surface area contributed by atoms with Crippen LogP contribution in [0, 0.1) is 6.92 Å². The van der Waals surface area contributed by atoms with Gasteiger partial charge in [0.25, 0.3) is 0 Å². The van der Waals surface area contributed by atoms with Crippen molar-refractivity contribution in [1.82, 2.24) is 4.98 Å². The van der Waals surface area contributed by atoms with Gasteiger partial charge in [-0.3, -0.25) is 4.98 Å². The molecule has 0 fully saturated rings. The molecule has 48 valence electrons. The third-order valence-electron chi connectivity index (χ3n) is 1.19. The van der Waals surface area contributed by atoms with Crippen molar-refractivity contribution in [2.24, 2.45) is 0 Å². The molecule has 1 aromatic heterocycles. The Morgan fingerprint density at radius 2 is 2.22 bits per heavy atom. The molecule has 0 aliphatic heterocycles. The topological polar surface area (TPSA) is 38.9 Å². The number of nitrogens with two attached hydrogens (primary N) is 1. The standard InChI is InChI=1S/C6H7BrN2/c1-4-5(7)2-9-3-6(4)8/h2-3H,8H2,1H3. The maximum atomic E-state index is 5.53. The SMILES string of the molecule is Cc1c(N)cncc1Br. The van der Waals surface area contributed by atoms with Gasteiger partial charge in [-0.1, -0.05) is 0 Å². The first kappa shape index (κ1) is 6.55. The van der Waals surface area contributed by atoms with Crippen LogP contribution in [0.3, 0.4) is 0 Å². The van der Waals surface area contributed by atoms with Crippen molar-refractivity contribution < 1.29 is 0 Å². The maximum Gasteiger partial charge on any atom is 0.0541 e. The van der Waals surface area contributed by atoms with Crippen molar-refractivity contribution in [2.45, 2.75) is 6.92 Å². The van der Waals surface area contributed by atoms with Gasteiger partial charge in [0, 0.05) is 10.7 Å². The average Bonchev–Trinajstić information content (AvgIpc) is 1.83. The molecule has 0 atom stereocenters. The van der Waals surface area contributed by atoms with Gasteiger partial charge in [0.15, 0.2) is 0 Å². The van der Waals surface area contributed by atoms with E-state index in [0.29, 0.717) is 0 Å². The summed E-state index contributed by atoms with van der Waals surface area (Å²) in [6.07, 6.45) is 3.37. The van der Waals surface area contributed by atoms with Crippen molar-refractivity contribution >= 4 is 21.6 Å². The summed E-state index contributed by atoms with van der Waals surface area (Å²) >= 11 is 3.30.